The summed E-state index contributed by atoms with van der Waals surface area (Å²) in [5, 5.41) is 0. The molecular weight excluding hydrogens is 520 g/mol. The van der Waals surface area contributed by atoms with Crippen LogP contribution in [-0.4, -0.2) is 39.3 Å². The third kappa shape index (κ3) is 4.88. The van der Waals surface area contributed by atoms with Crippen molar-refractivity contribution in [3.8, 4) is 5.75 Å². The number of anilines is 1. The Balaban J connectivity index is 1.43. The number of nitrogens with one attached hydrogen (secondary N) is 2. The monoisotopic (exact) mass is 556 g/mol. The average Bonchev–Trinajstić information content (AvgIpc) is 3.20. The molecule has 5 rings (SSSR count). The Kier molecular flexibility index (Phi) is 6.89. The molecule has 2 fully saturated rings. The molecule has 1 aromatic rings. The maximum atomic E-state index is 13.1. The minimum atomic E-state index is -4.30. The third-order valence-corrected chi connectivity index (χ3v) is 10.7. The maximum Gasteiger partial charge on any atom is 0.422 e. The number of ether oxygens (including phenoxy) is 2. The number of benzene rings is 1. The highest BCUT2D eigenvalue weighted by atomic mass is 32.2. The van der Waals surface area contributed by atoms with Crippen LogP contribution in [0.4, 0.5) is 10.5 Å². The van der Waals surface area contributed by atoms with E-state index in [1.807, 2.05) is 10.8 Å². The molecule has 210 valence electrons. The van der Waals surface area contributed by atoms with Gasteiger partial charge in [0, 0.05) is 24.3 Å². The van der Waals surface area contributed by atoms with Crippen molar-refractivity contribution in [2.45, 2.75) is 59.0 Å². The lowest BCUT2D eigenvalue weighted by atomic mass is 9.47. The first kappa shape index (κ1) is 27.4. The lowest BCUT2D eigenvalue weighted by molar-refractivity contribution is -0.135. The van der Waals surface area contributed by atoms with Crippen LogP contribution in [0.1, 0.15) is 52.9 Å². The fraction of sp³-hybridized carbons (Fsp3) is 0.552. The number of Topliss-reactive ketones (excluding diaryl/α,β-unsaturated/α-hetero) is 1. The molecule has 10 heteroatoms. The number of hydrogen-bond acceptors (Lipinski definition) is 7. The van der Waals surface area contributed by atoms with E-state index >= 15 is 0 Å². The highest BCUT2D eigenvalue weighted by Crippen LogP contribution is 2.65. The van der Waals surface area contributed by atoms with E-state index in [2.05, 4.69) is 24.6 Å². The topological polar surface area (TPSA) is 128 Å². The smallest absolute Gasteiger partial charge is 0.422 e. The van der Waals surface area contributed by atoms with Crippen molar-refractivity contribution >= 4 is 33.6 Å². The summed E-state index contributed by atoms with van der Waals surface area (Å²) in [6, 6.07) is 6.32. The summed E-state index contributed by atoms with van der Waals surface area (Å²) in [4.78, 5) is 38.0. The number of amides is 1. The van der Waals surface area contributed by atoms with Crippen molar-refractivity contribution in [2.24, 2.45) is 34.5 Å². The van der Waals surface area contributed by atoms with Gasteiger partial charge in [-0.1, -0.05) is 32.1 Å². The molecule has 0 bridgehead atoms. The molecule has 39 heavy (non-hydrogen) atoms. The largest absolute Gasteiger partial charge is 0.497 e. The van der Waals surface area contributed by atoms with Crippen LogP contribution in [0, 0.1) is 34.5 Å². The Morgan fingerprint density at radius 1 is 1.15 bits per heavy atom. The minimum Gasteiger partial charge on any atom is -0.497 e. The van der Waals surface area contributed by atoms with Gasteiger partial charge in [0.2, 0.25) is 0 Å². The Labute approximate surface area is 229 Å². The molecular formula is C29H36N2O7S. The Hall–Kier alpha value is -3.14. The SMILES string of the molecule is COc1cccc(NS(=O)(=O)NC(=O)O[C@H]2C[C@]3(C)[C@@H](C(C)=O)CC[C@H]3C3C=CC4=CC(=O)CC[C@@]4(C)C32)c1. The fourth-order valence-corrected chi connectivity index (χ4v) is 8.76. The molecule has 0 radical (unpaired) electrons. The molecule has 9 nitrogen and oxygen atoms in total. The van der Waals surface area contributed by atoms with Crippen LogP contribution in [-0.2, 0) is 24.5 Å². The number of fused-ring (bicyclic) bond motifs is 5. The van der Waals surface area contributed by atoms with Gasteiger partial charge in [0.05, 0.1) is 12.8 Å². The number of methoxy groups -OCH3 is 1. The van der Waals surface area contributed by atoms with Crippen LogP contribution < -0.4 is 14.2 Å². The van der Waals surface area contributed by atoms with Crippen LogP contribution in [0.2, 0.25) is 0 Å². The van der Waals surface area contributed by atoms with Crippen molar-refractivity contribution in [1.82, 2.24) is 4.72 Å². The van der Waals surface area contributed by atoms with E-state index in [9.17, 15) is 22.8 Å². The molecule has 2 N–H and O–H groups in total. The number of hydrogen-bond donors (Lipinski definition) is 2. The summed E-state index contributed by atoms with van der Waals surface area (Å²) < 4.78 is 41.0. The number of carbonyl (C=O) groups excluding carboxylic acids is 3. The minimum absolute atomic E-state index is 0.0350. The van der Waals surface area contributed by atoms with E-state index in [1.54, 1.807) is 25.1 Å². The average molecular weight is 557 g/mol. The molecule has 2 unspecified atom stereocenters. The van der Waals surface area contributed by atoms with Gasteiger partial charge in [-0.15, -0.1) is 0 Å². The molecule has 0 saturated heterocycles. The number of allylic oxidation sites excluding steroid dienone is 4. The summed E-state index contributed by atoms with van der Waals surface area (Å²) in [7, 11) is -2.83. The summed E-state index contributed by atoms with van der Waals surface area (Å²) in [6.07, 6.45) is 7.29. The second-order valence-corrected chi connectivity index (χ2v) is 13.3. The maximum absolute atomic E-state index is 13.1. The molecule has 7 atom stereocenters. The van der Waals surface area contributed by atoms with Gasteiger partial charge in [-0.25, -0.2) is 9.52 Å². The molecule has 0 heterocycles. The van der Waals surface area contributed by atoms with Gasteiger partial charge < -0.3 is 9.47 Å². The van der Waals surface area contributed by atoms with E-state index in [0.717, 1.165) is 18.4 Å². The van der Waals surface area contributed by atoms with Crippen molar-refractivity contribution in [3.63, 3.8) is 0 Å². The quantitative estimate of drug-likeness (QED) is 0.525. The van der Waals surface area contributed by atoms with Gasteiger partial charge in [-0.2, -0.15) is 8.42 Å². The number of ketones is 2. The van der Waals surface area contributed by atoms with E-state index in [1.165, 1.54) is 19.2 Å². The first-order valence-corrected chi connectivity index (χ1v) is 14.9. The zero-order valence-corrected chi connectivity index (χ0v) is 23.5. The van der Waals surface area contributed by atoms with Crippen LogP contribution >= 0.6 is 0 Å². The summed E-state index contributed by atoms with van der Waals surface area (Å²) in [6.45, 7) is 5.84. The first-order valence-electron chi connectivity index (χ1n) is 13.5. The summed E-state index contributed by atoms with van der Waals surface area (Å²) in [5.41, 5.74) is 0.351. The standard InChI is InChI=1S/C29H36N2O7S/c1-17(32)23-10-11-24-22-9-8-18-14-20(33)12-13-28(18,2)26(22)25(16-29(23,24)3)38-27(34)31-39(35,36)30-19-6-5-7-21(15-19)37-4/h5-9,14-15,22-26,30H,10-13,16H2,1-4H3,(H,31,34)/t22?,23-,24+,25+,26?,28-,29-/m1/s1. The van der Waals surface area contributed by atoms with Crippen LogP contribution in [0.5, 0.6) is 5.75 Å². The van der Waals surface area contributed by atoms with Crippen molar-refractivity contribution < 1.29 is 32.3 Å². The van der Waals surface area contributed by atoms with Gasteiger partial charge >= 0.3 is 16.3 Å². The number of rotatable bonds is 6. The van der Waals surface area contributed by atoms with Crippen LogP contribution in [0.3, 0.4) is 0 Å². The Morgan fingerprint density at radius 3 is 2.64 bits per heavy atom. The van der Waals surface area contributed by atoms with Gasteiger partial charge in [0.15, 0.2) is 5.78 Å². The van der Waals surface area contributed by atoms with Gasteiger partial charge in [0.1, 0.15) is 17.6 Å². The molecule has 0 aliphatic heterocycles. The Morgan fingerprint density at radius 2 is 1.92 bits per heavy atom. The van der Waals surface area contributed by atoms with E-state index < -0.39 is 27.8 Å². The van der Waals surface area contributed by atoms with Gasteiger partial charge in [-0.05, 0) is 79.1 Å². The van der Waals surface area contributed by atoms with Gasteiger partial charge in [-0.3, -0.25) is 14.3 Å². The fourth-order valence-electron chi connectivity index (χ4n) is 8.01. The zero-order valence-electron chi connectivity index (χ0n) is 22.7. The molecule has 1 amide bonds. The lowest BCUT2D eigenvalue weighted by Gasteiger charge is -2.58. The highest BCUT2D eigenvalue weighted by Gasteiger charge is 2.63. The van der Waals surface area contributed by atoms with E-state index in [0.29, 0.717) is 25.0 Å². The molecule has 1 aromatic carbocycles. The van der Waals surface area contributed by atoms with E-state index in [-0.39, 0.29) is 46.3 Å². The summed E-state index contributed by atoms with van der Waals surface area (Å²) >= 11 is 0. The predicted molar refractivity (Wildman–Crippen MR) is 145 cm³/mol. The molecule has 0 aromatic heterocycles. The zero-order chi connectivity index (χ0) is 28.2. The molecule has 0 spiro atoms. The summed E-state index contributed by atoms with van der Waals surface area (Å²) in [5.74, 6) is 0.624. The van der Waals surface area contributed by atoms with Crippen molar-refractivity contribution in [1.29, 1.82) is 0 Å². The van der Waals surface area contributed by atoms with E-state index in [4.69, 9.17) is 9.47 Å². The van der Waals surface area contributed by atoms with Crippen molar-refractivity contribution in [3.05, 3.63) is 48.1 Å². The normalized spacial score (nSPS) is 35.1. The van der Waals surface area contributed by atoms with Crippen molar-refractivity contribution in [2.75, 3.05) is 11.8 Å². The van der Waals surface area contributed by atoms with Gasteiger partial charge in [0.25, 0.3) is 0 Å². The van der Waals surface area contributed by atoms with Crippen LogP contribution in [0.25, 0.3) is 0 Å². The molecule has 2 saturated carbocycles. The lowest BCUT2D eigenvalue weighted by Crippen LogP contribution is -2.57. The number of carbonyl (C=O) groups is 3. The third-order valence-electron chi connectivity index (χ3n) is 9.72. The first-order chi connectivity index (χ1) is 18.4. The van der Waals surface area contributed by atoms with Crippen LogP contribution in [0.15, 0.2) is 48.1 Å². The second kappa shape index (κ2) is 9.80. The molecule has 4 aliphatic rings. The highest BCUT2D eigenvalue weighted by molar-refractivity contribution is 7.91. The molecule has 4 aliphatic carbocycles. The Bertz CT molecular complexity index is 1370. The predicted octanol–water partition coefficient (Wildman–Crippen LogP) is 4.57. The second-order valence-electron chi connectivity index (χ2n) is 11.9.